The molecular weight excluding hydrogens is 157 g/mol. The van der Waals surface area contributed by atoms with Gasteiger partial charge in [0.1, 0.15) is 12.0 Å². The molecule has 2 heterocycles. The summed E-state index contributed by atoms with van der Waals surface area (Å²) >= 11 is 0. The first kappa shape index (κ1) is 6.97. The van der Waals surface area contributed by atoms with E-state index < -0.39 is 0 Å². The van der Waals surface area contributed by atoms with Gasteiger partial charge in [0.15, 0.2) is 0 Å². The van der Waals surface area contributed by atoms with E-state index in [1.165, 1.54) is 6.07 Å². The normalized spacial score (nSPS) is 10.1. The number of aromatic amines is 1. The van der Waals surface area contributed by atoms with Gasteiger partial charge in [-0.1, -0.05) is 0 Å². The van der Waals surface area contributed by atoms with Crippen molar-refractivity contribution in [2.75, 3.05) is 0 Å². The zero-order valence-corrected chi connectivity index (χ0v) is 6.08. The molecule has 0 fully saturated rings. The maximum atomic E-state index is 12.4. The number of H-pyrrole nitrogens is 1. The van der Waals surface area contributed by atoms with Crippen LogP contribution in [0, 0.1) is 12.0 Å². The lowest BCUT2D eigenvalue weighted by atomic mass is 10.3. The monoisotopic (exact) mass is 162 g/mol. The molecule has 0 aromatic carbocycles. The Morgan fingerprint density at radius 2 is 2.33 bits per heavy atom. The van der Waals surface area contributed by atoms with Crippen molar-refractivity contribution in [1.29, 1.82) is 0 Å². The number of aromatic nitrogens is 3. The second-order valence-corrected chi connectivity index (χ2v) is 2.27. The summed E-state index contributed by atoms with van der Waals surface area (Å²) in [5.41, 5.74) is 1.39. The maximum absolute atomic E-state index is 12.4. The Labute approximate surface area is 68.3 Å². The van der Waals surface area contributed by atoms with Crippen LogP contribution >= 0.6 is 0 Å². The van der Waals surface area contributed by atoms with E-state index in [1.807, 2.05) is 0 Å². The number of nitrogens with one attached hydrogen (secondary N) is 1. The molecule has 12 heavy (non-hydrogen) atoms. The Bertz CT molecular complexity index is 352. The van der Waals surface area contributed by atoms with Crippen LogP contribution in [0.5, 0.6) is 0 Å². The number of halogens is 1. The minimum absolute atomic E-state index is 0.345. The van der Waals surface area contributed by atoms with Crippen LogP contribution in [0.25, 0.3) is 11.4 Å². The molecule has 0 aliphatic rings. The van der Waals surface area contributed by atoms with Crippen molar-refractivity contribution in [3.05, 3.63) is 36.4 Å². The lowest BCUT2D eigenvalue weighted by molar-refractivity contribution is 0.622. The largest absolute Gasteiger partial charge is 0.276 e. The molecule has 0 bridgehead atoms. The van der Waals surface area contributed by atoms with E-state index in [1.54, 1.807) is 12.1 Å². The van der Waals surface area contributed by atoms with Crippen molar-refractivity contribution < 1.29 is 4.39 Å². The van der Waals surface area contributed by atoms with Gasteiger partial charge in [0.2, 0.25) is 0 Å². The Kier molecular flexibility index (Phi) is 1.59. The van der Waals surface area contributed by atoms with Gasteiger partial charge in [-0.3, -0.25) is 10.1 Å². The fourth-order valence-electron chi connectivity index (χ4n) is 0.888. The van der Waals surface area contributed by atoms with Crippen molar-refractivity contribution in [2.24, 2.45) is 0 Å². The summed E-state index contributed by atoms with van der Waals surface area (Å²) in [5.74, 6) is -0.345. The fourth-order valence-corrected chi connectivity index (χ4v) is 0.888. The lowest BCUT2D eigenvalue weighted by Gasteiger charge is -1.93. The van der Waals surface area contributed by atoms with E-state index in [-0.39, 0.29) is 5.82 Å². The summed E-state index contributed by atoms with van der Waals surface area (Å²) in [6.45, 7) is 0. The van der Waals surface area contributed by atoms with E-state index in [0.717, 1.165) is 11.9 Å². The average Bonchev–Trinajstić information content (AvgIpc) is 2.58. The third-order valence-electron chi connectivity index (χ3n) is 1.45. The van der Waals surface area contributed by atoms with Crippen molar-refractivity contribution in [2.45, 2.75) is 0 Å². The van der Waals surface area contributed by atoms with E-state index in [9.17, 15) is 4.39 Å². The van der Waals surface area contributed by atoms with Gasteiger partial charge in [0.25, 0.3) is 0 Å². The van der Waals surface area contributed by atoms with E-state index in [0.29, 0.717) is 5.69 Å². The van der Waals surface area contributed by atoms with Crippen LogP contribution in [-0.4, -0.2) is 15.2 Å². The van der Waals surface area contributed by atoms with Crippen molar-refractivity contribution in [1.82, 2.24) is 15.2 Å². The van der Waals surface area contributed by atoms with Gasteiger partial charge >= 0.3 is 0 Å². The molecule has 0 amide bonds. The first-order valence-electron chi connectivity index (χ1n) is 3.39. The second kappa shape index (κ2) is 2.73. The summed E-state index contributed by atoms with van der Waals surface area (Å²) in [4.78, 5) is 3.85. The number of hydrogen-bond acceptors (Lipinski definition) is 2. The molecule has 1 radical (unpaired) electrons. The molecule has 0 unspecified atom stereocenters. The lowest BCUT2D eigenvalue weighted by Crippen LogP contribution is -1.84. The van der Waals surface area contributed by atoms with Gasteiger partial charge < -0.3 is 0 Å². The highest BCUT2D eigenvalue weighted by atomic mass is 19.1. The van der Waals surface area contributed by atoms with Gasteiger partial charge in [-0.15, -0.1) is 0 Å². The molecule has 0 spiro atoms. The standard InChI is InChI=1S/C8H5FN3/c9-6-1-2-7(10-5-6)8-3-4-11-12-8/h1-3,5H,(H,11,12). The summed E-state index contributed by atoms with van der Waals surface area (Å²) in [5, 5.41) is 6.32. The Morgan fingerprint density at radius 1 is 1.42 bits per heavy atom. The number of rotatable bonds is 1. The minimum atomic E-state index is -0.345. The third kappa shape index (κ3) is 1.18. The van der Waals surface area contributed by atoms with Crippen molar-refractivity contribution in [3.8, 4) is 11.4 Å². The first-order valence-corrected chi connectivity index (χ1v) is 3.39. The summed E-state index contributed by atoms with van der Waals surface area (Å²) in [6, 6.07) is 4.58. The minimum Gasteiger partial charge on any atom is -0.276 e. The summed E-state index contributed by atoms with van der Waals surface area (Å²) < 4.78 is 12.4. The molecule has 2 aromatic rings. The Hall–Kier alpha value is -1.71. The highest BCUT2D eigenvalue weighted by Crippen LogP contribution is 2.11. The summed E-state index contributed by atoms with van der Waals surface area (Å²) in [6.07, 6.45) is 3.77. The van der Waals surface area contributed by atoms with Crippen molar-refractivity contribution >= 4 is 0 Å². The van der Waals surface area contributed by atoms with Gasteiger partial charge in [-0.25, -0.2) is 4.39 Å². The van der Waals surface area contributed by atoms with Crippen LogP contribution in [0.2, 0.25) is 0 Å². The molecule has 2 rings (SSSR count). The van der Waals surface area contributed by atoms with Crippen LogP contribution in [0.4, 0.5) is 4.39 Å². The quantitative estimate of drug-likeness (QED) is 0.688. The average molecular weight is 162 g/mol. The highest BCUT2D eigenvalue weighted by molar-refractivity contribution is 5.52. The SMILES string of the molecule is Fc1ccc(-c2c[c]n[nH]2)nc1. The summed E-state index contributed by atoms with van der Waals surface area (Å²) in [7, 11) is 0. The molecule has 0 aliphatic carbocycles. The Balaban J connectivity index is 2.43. The number of pyridine rings is 1. The molecule has 59 valence electrons. The van der Waals surface area contributed by atoms with Crippen LogP contribution < -0.4 is 0 Å². The maximum Gasteiger partial charge on any atom is 0.141 e. The zero-order chi connectivity index (χ0) is 8.39. The predicted octanol–water partition coefficient (Wildman–Crippen LogP) is 1.41. The number of hydrogen-bond donors (Lipinski definition) is 1. The van der Waals surface area contributed by atoms with Crippen LogP contribution in [0.15, 0.2) is 24.4 Å². The van der Waals surface area contributed by atoms with E-state index in [4.69, 9.17) is 0 Å². The zero-order valence-electron chi connectivity index (χ0n) is 6.08. The molecule has 0 aliphatic heterocycles. The smallest absolute Gasteiger partial charge is 0.141 e. The molecule has 0 saturated carbocycles. The van der Waals surface area contributed by atoms with E-state index in [2.05, 4.69) is 21.4 Å². The molecule has 2 aromatic heterocycles. The number of nitrogens with zero attached hydrogens (tertiary/aromatic N) is 2. The molecule has 4 heteroatoms. The molecule has 3 nitrogen and oxygen atoms in total. The predicted molar refractivity (Wildman–Crippen MR) is 40.6 cm³/mol. The van der Waals surface area contributed by atoms with Crippen LogP contribution in [0.1, 0.15) is 0 Å². The molecule has 0 atom stereocenters. The van der Waals surface area contributed by atoms with Crippen LogP contribution in [-0.2, 0) is 0 Å². The van der Waals surface area contributed by atoms with Gasteiger partial charge in [0, 0.05) is 0 Å². The van der Waals surface area contributed by atoms with Gasteiger partial charge in [0.05, 0.1) is 17.6 Å². The Morgan fingerprint density at radius 3 is 2.92 bits per heavy atom. The topological polar surface area (TPSA) is 41.6 Å². The molecular formula is C8H5FN3. The fraction of sp³-hybridized carbons (Fsp3) is 0. The van der Waals surface area contributed by atoms with Gasteiger partial charge in [-0.05, 0) is 18.2 Å². The van der Waals surface area contributed by atoms with Gasteiger partial charge in [-0.2, -0.15) is 5.10 Å². The second-order valence-electron chi connectivity index (χ2n) is 2.27. The van der Waals surface area contributed by atoms with Crippen molar-refractivity contribution in [3.63, 3.8) is 0 Å². The first-order chi connectivity index (χ1) is 5.86. The molecule has 1 N–H and O–H groups in total. The van der Waals surface area contributed by atoms with E-state index >= 15 is 0 Å². The van der Waals surface area contributed by atoms with Crippen LogP contribution in [0.3, 0.4) is 0 Å². The highest BCUT2D eigenvalue weighted by Gasteiger charge is 1.99. The molecule has 0 saturated heterocycles. The third-order valence-corrected chi connectivity index (χ3v) is 1.45.